The highest BCUT2D eigenvalue weighted by Gasteiger charge is 2.12. The summed E-state index contributed by atoms with van der Waals surface area (Å²) in [6, 6.07) is 6.83. The Kier molecular flexibility index (Phi) is 5.36. The highest BCUT2D eigenvalue weighted by molar-refractivity contribution is 5.77. The molecule has 0 bridgehead atoms. The monoisotopic (exact) mass is 265 g/mol. The van der Waals surface area contributed by atoms with Crippen molar-refractivity contribution in [2.45, 2.75) is 26.3 Å². The van der Waals surface area contributed by atoms with Crippen LogP contribution < -0.4 is 4.74 Å². The number of nitrogens with zero attached hydrogens (tertiary/aromatic N) is 1. The molecule has 0 saturated heterocycles. The molecule has 0 heterocycles. The average Bonchev–Trinajstić information content (AvgIpc) is 2.35. The van der Waals surface area contributed by atoms with Crippen molar-refractivity contribution in [3.63, 3.8) is 0 Å². The molecule has 104 valence electrons. The number of ether oxygens (including phenoxy) is 1. The van der Waals surface area contributed by atoms with Crippen molar-refractivity contribution in [2.75, 3.05) is 13.7 Å². The predicted octanol–water partition coefficient (Wildman–Crippen LogP) is 1.56. The average molecular weight is 265 g/mol. The number of rotatable bonds is 6. The Hall–Kier alpha value is -2.04. The number of carboxylic acid groups (broad SMARTS) is 1. The van der Waals surface area contributed by atoms with E-state index in [1.807, 2.05) is 13.8 Å². The first kappa shape index (κ1) is 15.0. The Morgan fingerprint density at radius 2 is 1.84 bits per heavy atom. The molecule has 0 aromatic heterocycles. The predicted molar refractivity (Wildman–Crippen MR) is 71.2 cm³/mol. The molecule has 1 rings (SSSR count). The van der Waals surface area contributed by atoms with E-state index in [1.54, 1.807) is 36.2 Å². The summed E-state index contributed by atoms with van der Waals surface area (Å²) in [6.45, 7) is 3.84. The van der Waals surface area contributed by atoms with Crippen molar-refractivity contribution in [1.82, 2.24) is 4.90 Å². The van der Waals surface area contributed by atoms with E-state index in [9.17, 15) is 9.59 Å². The first-order chi connectivity index (χ1) is 8.90. The van der Waals surface area contributed by atoms with Crippen LogP contribution in [-0.2, 0) is 16.0 Å². The third-order valence-corrected chi connectivity index (χ3v) is 2.81. The van der Waals surface area contributed by atoms with Crippen LogP contribution in [0.3, 0.4) is 0 Å². The van der Waals surface area contributed by atoms with Crippen LogP contribution in [0, 0.1) is 0 Å². The van der Waals surface area contributed by atoms with E-state index >= 15 is 0 Å². The molecule has 5 heteroatoms. The summed E-state index contributed by atoms with van der Waals surface area (Å²) in [4.78, 5) is 23.8. The van der Waals surface area contributed by atoms with Crippen molar-refractivity contribution in [3.05, 3.63) is 29.8 Å². The van der Waals surface area contributed by atoms with Gasteiger partial charge in [-0.3, -0.25) is 9.59 Å². The van der Waals surface area contributed by atoms with E-state index in [1.165, 1.54) is 0 Å². The van der Waals surface area contributed by atoms with Crippen molar-refractivity contribution < 1.29 is 19.4 Å². The van der Waals surface area contributed by atoms with Crippen LogP contribution in [0.1, 0.15) is 19.4 Å². The van der Waals surface area contributed by atoms with Crippen molar-refractivity contribution in [3.8, 4) is 5.75 Å². The molecule has 0 spiro atoms. The van der Waals surface area contributed by atoms with Gasteiger partial charge in [0.25, 0.3) is 5.91 Å². The molecule has 0 unspecified atom stereocenters. The molecule has 5 nitrogen and oxygen atoms in total. The first-order valence-electron chi connectivity index (χ1n) is 6.09. The third-order valence-electron chi connectivity index (χ3n) is 2.81. The molecule has 19 heavy (non-hydrogen) atoms. The Morgan fingerprint density at radius 3 is 2.32 bits per heavy atom. The summed E-state index contributed by atoms with van der Waals surface area (Å²) < 4.78 is 5.36. The maximum absolute atomic E-state index is 11.7. The van der Waals surface area contributed by atoms with Gasteiger partial charge in [0, 0.05) is 13.1 Å². The SMILES string of the molecule is CC(C)N(C)C(=O)COc1ccc(CC(=O)O)cc1. The van der Waals surface area contributed by atoms with E-state index in [4.69, 9.17) is 9.84 Å². The number of amides is 1. The van der Waals surface area contributed by atoms with Crippen molar-refractivity contribution >= 4 is 11.9 Å². The minimum absolute atomic E-state index is 0.0186. The maximum atomic E-state index is 11.7. The van der Waals surface area contributed by atoms with Crippen molar-refractivity contribution in [2.24, 2.45) is 0 Å². The molecule has 0 aliphatic rings. The van der Waals surface area contributed by atoms with Gasteiger partial charge < -0.3 is 14.7 Å². The number of aliphatic carboxylic acids is 1. The van der Waals surface area contributed by atoms with Crippen molar-refractivity contribution in [1.29, 1.82) is 0 Å². The Morgan fingerprint density at radius 1 is 1.26 bits per heavy atom. The zero-order chi connectivity index (χ0) is 14.4. The van der Waals surface area contributed by atoms with E-state index in [0.717, 1.165) is 0 Å². The molecule has 1 aromatic rings. The molecule has 0 aliphatic heterocycles. The van der Waals surface area contributed by atoms with E-state index in [2.05, 4.69) is 0 Å². The summed E-state index contributed by atoms with van der Waals surface area (Å²) in [6.07, 6.45) is -0.0186. The van der Waals surface area contributed by atoms with Gasteiger partial charge in [0.05, 0.1) is 6.42 Å². The Bertz CT molecular complexity index is 439. The standard InChI is InChI=1S/C14H19NO4/c1-10(2)15(3)13(16)9-19-12-6-4-11(5-7-12)8-14(17)18/h4-7,10H,8-9H2,1-3H3,(H,17,18). The number of hydrogen-bond donors (Lipinski definition) is 1. The number of hydrogen-bond acceptors (Lipinski definition) is 3. The summed E-state index contributed by atoms with van der Waals surface area (Å²) in [5.74, 6) is -0.410. The molecule has 0 fully saturated rings. The third kappa shape index (κ3) is 4.99. The fourth-order valence-electron chi connectivity index (χ4n) is 1.41. The van der Waals surface area contributed by atoms with Crippen LogP contribution in [0.2, 0.25) is 0 Å². The summed E-state index contributed by atoms with van der Waals surface area (Å²) in [7, 11) is 1.73. The second kappa shape index (κ2) is 6.78. The second-order valence-corrected chi connectivity index (χ2v) is 4.60. The lowest BCUT2D eigenvalue weighted by molar-refractivity contribution is -0.136. The molecule has 0 atom stereocenters. The van der Waals surface area contributed by atoms with Gasteiger partial charge in [0.1, 0.15) is 5.75 Å². The van der Waals surface area contributed by atoms with Gasteiger partial charge in [-0.15, -0.1) is 0 Å². The lowest BCUT2D eigenvalue weighted by atomic mass is 10.1. The molecular formula is C14H19NO4. The molecule has 0 radical (unpaired) electrons. The molecular weight excluding hydrogens is 246 g/mol. The number of carbonyl (C=O) groups is 2. The topological polar surface area (TPSA) is 66.8 Å². The fourth-order valence-corrected chi connectivity index (χ4v) is 1.41. The van der Waals surface area contributed by atoms with Gasteiger partial charge in [-0.05, 0) is 31.5 Å². The molecule has 1 aromatic carbocycles. The number of carboxylic acids is 1. The van der Waals surface area contributed by atoms with Crippen LogP contribution in [0.4, 0.5) is 0 Å². The minimum Gasteiger partial charge on any atom is -0.484 e. The minimum atomic E-state index is -0.873. The normalized spacial score (nSPS) is 10.3. The van der Waals surface area contributed by atoms with Crippen LogP contribution in [0.25, 0.3) is 0 Å². The van der Waals surface area contributed by atoms with Crippen LogP contribution in [-0.4, -0.2) is 41.6 Å². The second-order valence-electron chi connectivity index (χ2n) is 4.60. The number of benzene rings is 1. The molecule has 0 saturated carbocycles. The van der Waals surface area contributed by atoms with Gasteiger partial charge in [0.15, 0.2) is 6.61 Å². The fraction of sp³-hybridized carbons (Fsp3) is 0.429. The van der Waals surface area contributed by atoms with Crippen LogP contribution in [0.15, 0.2) is 24.3 Å². The number of likely N-dealkylation sites (N-methyl/N-ethyl adjacent to an activating group) is 1. The zero-order valence-electron chi connectivity index (χ0n) is 11.4. The summed E-state index contributed by atoms with van der Waals surface area (Å²) in [5, 5.41) is 8.64. The zero-order valence-corrected chi connectivity index (χ0v) is 11.4. The summed E-state index contributed by atoms with van der Waals surface area (Å²) >= 11 is 0. The lowest BCUT2D eigenvalue weighted by Crippen LogP contribution is -2.36. The Balaban J connectivity index is 2.50. The molecule has 1 N–H and O–H groups in total. The van der Waals surface area contributed by atoms with Crippen LogP contribution >= 0.6 is 0 Å². The van der Waals surface area contributed by atoms with Gasteiger partial charge in [-0.1, -0.05) is 12.1 Å². The van der Waals surface area contributed by atoms with Gasteiger partial charge >= 0.3 is 5.97 Å². The largest absolute Gasteiger partial charge is 0.484 e. The van der Waals surface area contributed by atoms with Gasteiger partial charge in [-0.2, -0.15) is 0 Å². The highest BCUT2D eigenvalue weighted by Crippen LogP contribution is 2.12. The van der Waals surface area contributed by atoms with E-state index in [0.29, 0.717) is 11.3 Å². The quantitative estimate of drug-likeness (QED) is 0.847. The smallest absolute Gasteiger partial charge is 0.307 e. The Labute approximate surface area is 112 Å². The van der Waals surface area contributed by atoms with Crippen LogP contribution in [0.5, 0.6) is 5.75 Å². The highest BCUT2D eigenvalue weighted by atomic mass is 16.5. The molecule has 0 aliphatic carbocycles. The summed E-state index contributed by atoms with van der Waals surface area (Å²) in [5.41, 5.74) is 0.700. The van der Waals surface area contributed by atoms with E-state index < -0.39 is 5.97 Å². The molecule has 1 amide bonds. The van der Waals surface area contributed by atoms with Gasteiger partial charge in [0.2, 0.25) is 0 Å². The lowest BCUT2D eigenvalue weighted by Gasteiger charge is -2.21. The van der Waals surface area contributed by atoms with E-state index in [-0.39, 0.29) is 25.0 Å². The van der Waals surface area contributed by atoms with Gasteiger partial charge in [-0.25, -0.2) is 0 Å². The number of carbonyl (C=O) groups excluding carboxylic acids is 1. The maximum Gasteiger partial charge on any atom is 0.307 e. The first-order valence-corrected chi connectivity index (χ1v) is 6.09.